The summed E-state index contributed by atoms with van der Waals surface area (Å²) in [5.74, 6) is 0.431. The molecule has 0 aliphatic rings. The third kappa shape index (κ3) is 3.97. The number of aryl methyl sites for hydroxylation is 1. The van der Waals surface area contributed by atoms with Crippen LogP contribution in [0.25, 0.3) is 11.0 Å². The van der Waals surface area contributed by atoms with Crippen molar-refractivity contribution in [3.8, 4) is 5.75 Å². The van der Waals surface area contributed by atoms with Gasteiger partial charge in [0.05, 0.1) is 13.2 Å². The zero-order valence-electron chi connectivity index (χ0n) is 12.8. The topological polar surface area (TPSA) is 75.0 Å². The molecule has 0 saturated carbocycles. The van der Waals surface area contributed by atoms with Crippen LogP contribution in [0.2, 0.25) is 0 Å². The summed E-state index contributed by atoms with van der Waals surface area (Å²) < 4.78 is 33.3. The molecule has 6 nitrogen and oxygen atoms in total. The van der Waals surface area contributed by atoms with Gasteiger partial charge in [-0.2, -0.15) is 0 Å². The second-order valence-corrected chi connectivity index (χ2v) is 6.62. The first-order chi connectivity index (χ1) is 10.5. The molecule has 0 aliphatic heterocycles. The number of benzene rings is 1. The van der Waals surface area contributed by atoms with Crippen molar-refractivity contribution in [2.45, 2.75) is 20.8 Å². The van der Waals surface area contributed by atoms with Crippen LogP contribution in [0.15, 0.2) is 33.5 Å². The largest absolute Gasteiger partial charge is 0.481 e. The van der Waals surface area contributed by atoms with Crippen LogP contribution in [0.3, 0.4) is 0 Å². The maximum absolute atomic E-state index is 12.3. The van der Waals surface area contributed by atoms with Crippen molar-refractivity contribution in [3.63, 3.8) is 0 Å². The lowest BCUT2D eigenvalue weighted by atomic mass is 10.1. The Morgan fingerprint density at radius 3 is 2.45 bits per heavy atom. The van der Waals surface area contributed by atoms with Crippen LogP contribution in [-0.2, 0) is 13.6 Å². The Morgan fingerprint density at radius 2 is 1.82 bits per heavy atom. The average molecular weight is 326 g/mol. The summed E-state index contributed by atoms with van der Waals surface area (Å²) in [7, 11) is -3.28. The van der Waals surface area contributed by atoms with Gasteiger partial charge in [0.15, 0.2) is 6.35 Å². The van der Waals surface area contributed by atoms with Gasteiger partial charge in [0.2, 0.25) is 0 Å². The molecule has 0 aliphatic carbocycles. The summed E-state index contributed by atoms with van der Waals surface area (Å²) in [4.78, 5) is 11.4. The van der Waals surface area contributed by atoms with Gasteiger partial charge in [-0.05, 0) is 38.5 Å². The molecule has 1 aromatic heterocycles. The lowest BCUT2D eigenvalue weighted by molar-refractivity contribution is 0.197. The van der Waals surface area contributed by atoms with E-state index >= 15 is 0 Å². The summed E-state index contributed by atoms with van der Waals surface area (Å²) >= 11 is 0. The van der Waals surface area contributed by atoms with Gasteiger partial charge in [0, 0.05) is 17.5 Å². The summed E-state index contributed by atoms with van der Waals surface area (Å²) in [5, 5.41) is 0.824. The highest BCUT2D eigenvalue weighted by Gasteiger charge is 2.24. The van der Waals surface area contributed by atoms with Crippen LogP contribution >= 0.6 is 7.60 Å². The lowest BCUT2D eigenvalue weighted by Gasteiger charge is -2.17. The molecule has 0 radical (unpaired) electrons. The van der Waals surface area contributed by atoms with Crippen molar-refractivity contribution in [3.05, 3.63) is 40.2 Å². The first-order valence-corrected chi connectivity index (χ1v) is 8.75. The number of hydrogen-bond acceptors (Lipinski definition) is 6. The highest BCUT2D eigenvalue weighted by atomic mass is 31.2. The van der Waals surface area contributed by atoms with Gasteiger partial charge in [-0.1, -0.05) is 0 Å². The zero-order valence-corrected chi connectivity index (χ0v) is 13.7. The molecule has 0 atom stereocenters. The first-order valence-electron chi connectivity index (χ1n) is 7.03. The fourth-order valence-electron chi connectivity index (χ4n) is 2.05. The minimum absolute atomic E-state index is 0.198. The van der Waals surface area contributed by atoms with Crippen LogP contribution < -0.4 is 10.4 Å². The molecule has 1 heterocycles. The molecule has 120 valence electrons. The van der Waals surface area contributed by atoms with E-state index in [1.54, 1.807) is 32.0 Å². The predicted octanol–water partition coefficient (Wildman–Crippen LogP) is 3.70. The Balaban J connectivity index is 2.21. The molecule has 0 N–H and O–H groups in total. The van der Waals surface area contributed by atoms with Crippen molar-refractivity contribution >= 4 is 18.6 Å². The lowest BCUT2D eigenvalue weighted by Crippen LogP contribution is -2.06. The van der Waals surface area contributed by atoms with E-state index < -0.39 is 13.2 Å². The van der Waals surface area contributed by atoms with E-state index in [9.17, 15) is 9.36 Å². The normalized spacial score (nSPS) is 11.8. The van der Waals surface area contributed by atoms with E-state index in [0.717, 1.165) is 10.9 Å². The average Bonchev–Trinajstić information content (AvgIpc) is 2.45. The smallest absolute Gasteiger partial charge is 0.367 e. The van der Waals surface area contributed by atoms with E-state index in [-0.39, 0.29) is 19.6 Å². The Bertz CT molecular complexity index is 741. The summed E-state index contributed by atoms with van der Waals surface area (Å²) in [6.45, 7) is 5.84. The summed E-state index contributed by atoms with van der Waals surface area (Å²) in [6, 6.07) is 6.53. The monoisotopic (exact) mass is 326 g/mol. The molecule has 0 unspecified atom stereocenters. The molecule has 22 heavy (non-hydrogen) atoms. The van der Waals surface area contributed by atoms with E-state index in [1.165, 1.54) is 6.07 Å². The molecule has 7 heteroatoms. The Labute approximate surface area is 128 Å². The zero-order chi connectivity index (χ0) is 16.2. The maximum atomic E-state index is 12.3. The molecule has 2 rings (SSSR count). The van der Waals surface area contributed by atoms with Gasteiger partial charge in [-0.25, -0.2) is 4.79 Å². The van der Waals surface area contributed by atoms with Gasteiger partial charge in [0.25, 0.3) is 0 Å². The molecule has 0 amide bonds. The Morgan fingerprint density at radius 1 is 1.14 bits per heavy atom. The van der Waals surface area contributed by atoms with Crippen LogP contribution in [0, 0.1) is 6.92 Å². The fourth-order valence-corrected chi connectivity index (χ4v) is 3.37. The van der Waals surface area contributed by atoms with Crippen molar-refractivity contribution in [2.75, 3.05) is 19.6 Å². The van der Waals surface area contributed by atoms with Gasteiger partial charge >= 0.3 is 13.2 Å². The van der Waals surface area contributed by atoms with E-state index in [0.29, 0.717) is 11.3 Å². The molecule has 0 fully saturated rings. The number of fused-ring (bicyclic) bond motifs is 1. The number of rotatable bonds is 7. The Kier molecular flexibility index (Phi) is 5.40. The highest BCUT2D eigenvalue weighted by molar-refractivity contribution is 7.53. The van der Waals surface area contributed by atoms with Crippen LogP contribution in [0.5, 0.6) is 5.75 Å². The molecule has 2 aromatic rings. The quantitative estimate of drug-likeness (QED) is 0.570. The maximum Gasteiger partial charge on any atom is 0.367 e. The highest BCUT2D eigenvalue weighted by Crippen LogP contribution is 2.47. The second kappa shape index (κ2) is 7.09. The summed E-state index contributed by atoms with van der Waals surface area (Å²) in [5.41, 5.74) is 0.828. The Hall–Kier alpha value is -1.62. The molecule has 0 saturated heterocycles. The third-order valence-electron chi connectivity index (χ3n) is 2.96. The molecule has 0 spiro atoms. The van der Waals surface area contributed by atoms with Crippen LogP contribution in [-0.4, -0.2) is 19.6 Å². The number of hydrogen-bond donors (Lipinski definition) is 0. The third-order valence-corrected chi connectivity index (χ3v) is 4.71. The molecular formula is C15H19O6P. The van der Waals surface area contributed by atoms with Crippen molar-refractivity contribution in [1.29, 1.82) is 0 Å². The fraction of sp³-hybridized carbons (Fsp3) is 0.400. The van der Waals surface area contributed by atoms with Gasteiger partial charge in [-0.15, -0.1) is 0 Å². The second-order valence-electron chi connectivity index (χ2n) is 4.63. The van der Waals surface area contributed by atoms with E-state index in [4.69, 9.17) is 18.2 Å². The molecule has 1 aromatic carbocycles. The van der Waals surface area contributed by atoms with E-state index in [1.807, 2.05) is 6.92 Å². The predicted molar refractivity (Wildman–Crippen MR) is 83.6 cm³/mol. The first kappa shape index (κ1) is 16.7. The minimum Gasteiger partial charge on any atom is -0.481 e. The van der Waals surface area contributed by atoms with Gasteiger partial charge in [0.1, 0.15) is 11.3 Å². The number of ether oxygens (including phenoxy) is 1. The van der Waals surface area contributed by atoms with Crippen molar-refractivity contribution in [1.82, 2.24) is 0 Å². The summed E-state index contributed by atoms with van der Waals surface area (Å²) in [6.07, 6.45) is -0.198. The van der Waals surface area contributed by atoms with Crippen molar-refractivity contribution < 1.29 is 22.8 Å². The van der Waals surface area contributed by atoms with Gasteiger partial charge < -0.3 is 18.2 Å². The van der Waals surface area contributed by atoms with Crippen LogP contribution in [0.1, 0.15) is 19.4 Å². The van der Waals surface area contributed by atoms with Crippen LogP contribution in [0.4, 0.5) is 0 Å². The SMILES string of the molecule is CCOP(=O)(COc1ccc2c(C)cc(=O)oc2c1)OCC. The van der Waals surface area contributed by atoms with Gasteiger partial charge in [-0.3, -0.25) is 4.57 Å². The standard InChI is InChI=1S/C15H19O6P/c1-4-19-22(17,20-5-2)10-18-12-6-7-13-11(3)8-15(16)21-14(13)9-12/h6-9H,4-5,10H2,1-3H3. The molecule has 0 bridgehead atoms. The molecular weight excluding hydrogens is 307 g/mol. The van der Waals surface area contributed by atoms with Crippen molar-refractivity contribution in [2.24, 2.45) is 0 Å². The van der Waals surface area contributed by atoms with E-state index in [2.05, 4.69) is 0 Å². The minimum atomic E-state index is -3.28.